The van der Waals surface area contributed by atoms with E-state index in [1.807, 2.05) is 0 Å². The highest BCUT2D eigenvalue weighted by molar-refractivity contribution is 5.70. The normalized spacial score (nSPS) is 12.3. The predicted molar refractivity (Wildman–Crippen MR) is 187 cm³/mol. The third-order valence-corrected chi connectivity index (χ3v) is 8.22. The number of hydrogen-bond acceptors (Lipinski definition) is 5. The number of allylic oxidation sites excluding steroid dienone is 4. The van der Waals surface area contributed by atoms with Crippen molar-refractivity contribution >= 4 is 11.9 Å². The van der Waals surface area contributed by atoms with Gasteiger partial charge in [-0.3, -0.25) is 9.59 Å². The Balaban J connectivity index is 3.53. The van der Waals surface area contributed by atoms with Crippen LogP contribution in [0, 0.1) is 0 Å². The van der Waals surface area contributed by atoms with E-state index in [9.17, 15) is 14.7 Å². The van der Waals surface area contributed by atoms with Crippen molar-refractivity contribution in [3.63, 3.8) is 0 Å². The van der Waals surface area contributed by atoms with Crippen molar-refractivity contribution in [2.24, 2.45) is 0 Å². The van der Waals surface area contributed by atoms with Crippen LogP contribution in [-0.2, 0) is 19.1 Å². The van der Waals surface area contributed by atoms with Gasteiger partial charge in [0.15, 0.2) is 6.10 Å². The number of hydrogen-bond donors (Lipinski definition) is 1. The molecule has 1 unspecified atom stereocenters. The molecule has 0 saturated heterocycles. The van der Waals surface area contributed by atoms with Gasteiger partial charge in [0.25, 0.3) is 0 Å². The predicted octanol–water partition coefficient (Wildman–Crippen LogP) is 11.5. The topological polar surface area (TPSA) is 72.8 Å². The van der Waals surface area contributed by atoms with E-state index in [0.717, 1.165) is 44.9 Å². The summed E-state index contributed by atoms with van der Waals surface area (Å²) in [4.78, 5) is 24.2. The summed E-state index contributed by atoms with van der Waals surface area (Å²) in [5.41, 5.74) is 0. The fourth-order valence-corrected chi connectivity index (χ4v) is 5.29. The van der Waals surface area contributed by atoms with Crippen LogP contribution >= 0.6 is 0 Å². The molecule has 1 atom stereocenters. The number of rotatable bonds is 34. The molecule has 5 nitrogen and oxygen atoms in total. The Morgan fingerprint density at radius 1 is 0.500 bits per heavy atom. The van der Waals surface area contributed by atoms with E-state index in [0.29, 0.717) is 12.8 Å². The summed E-state index contributed by atoms with van der Waals surface area (Å²) in [5, 5.41) is 9.52. The Hall–Kier alpha value is -1.62. The van der Waals surface area contributed by atoms with Gasteiger partial charge in [0.1, 0.15) is 6.61 Å². The molecule has 0 aromatic carbocycles. The zero-order chi connectivity index (χ0) is 32.2. The molecule has 1 N–H and O–H groups in total. The molecule has 5 heteroatoms. The lowest BCUT2D eigenvalue weighted by atomic mass is 10.1. The fourth-order valence-electron chi connectivity index (χ4n) is 5.29. The number of aliphatic hydroxyl groups is 1. The number of esters is 2. The molecular weight excluding hydrogens is 548 g/mol. The first-order valence-corrected chi connectivity index (χ1v) is 18.9. The molecule has 0 spiro atoms. The van der Waals surface area contributed by atoms with Gasteiger partial charge in [-0.25, -0.2) is 0 Å². The third kappa shape index (κ3) is 33.3. The second-order valence-corrected chi connectivity index (χ2v) is 12.6. The third-order valence-electron chi connectivity index (χ3n) is 8.22. The van der Waals surface area contributed by atoms with Gasteiger partial charge in [-0.2, -0.15) is 0 Å². The molecular formula is C39H72O5. The average molecular weight is 621 g/mol. The summed E-state index contributed by atoms with van der Waals surface area (Å²) in [6, 6.07) is 0. The molecule has 0 amide bonds. The van der Waals surface area contributed by atoms with Gasteiger partial charge < -0.3 is 14.6 Å². The maximum atomic E-state index is 12.1. The molecule has 0 rings (SSSR count). The fraction of sp³-hybridized carbons (Fsp3) is 0.846. The molecule has 0 aliphatic carbocycles. The van der Waals surface area contributed by atoms with Crippen LogP contribution in [0.1, 0.15) is 194 Å². The number of unbranched alkanes of at least 4 members (excludes halogenated alkanes) is 22. The molecule has 44 heavy (non-hydrogen) atoms. The van der Waals surface area contributed by atoms with E-state index in [2.05, 4.69) is 38.2 Å². The Kier molecular flexibility index (Phi) is 34.5. The van der Waals surface area contributed by atoms with Crippen LogP contribution in [0.2, 0.25) is 0 Å². The van der Waals surface area contributed by atoms with Gasteiger partial charge >= 0.3 is 11.9 Å². The summed E-state index contributed by atoms with van der Waals surface area (Å²) in [6.07, 6.45) is 40.9. The van der Waals surface area contributed by atoms with E-state index in [1.165, 1.54) is 122 Å². The monoisotopic (exact) mass is 621 g/mol. The highest BCUT2D eigenvalue weighted by atomic mass is 16.6. The molecule has 0 heterocycles. The van der Waals surface area contributed by atoms with Crippen LogP contribution in [0.5, 0.6) is 0 Å². The van der Waals surface area contributed by atoms with Crippen LogP contribution < -0.4 is 0 Å². The largest absolute Gasteiger partial charge is 0.462 e. The molecule has 0 aromatic rings. The van der Waals surface area contributed by atoms with Gasteiger partial charge in [-0.15, -0.1) is 0 Å². The minimum absolute atomic E-state index is 0.0685. The zero-order valence-corrected chi connectivity index (χ0v) is 29.2. The molecule has 0 fully saturated rings. The van der Waals surface area contributed by atoms with Crippen molar-refractivity contribution in [2.75, 3.05) is 13.2 Å². The summed E-state index contributed by atoms with van der Waals surface area (Å²) in [5.74, 6) is -0.602. The molecule has 0 bridgehead atoms. The van der Waals surface area contributed by atoms with Crippen molar-refractivity contribution in [3.8, 4) is 0 Å². The second kappa shape index (κ2) is 35.9. The molecule has 0 aromatic heterocycles. The van der Waals surface area contributed by atoms with Gasteiger partial charge in [-0.1, -0.05) is 147 Å². The number of carbonyl (C=O) groups excluding carboxylic acids is 2. The number of ether oxygens (including phenoxy) is 2. The molecule has 0 aliphatic heterocycles. The SMILES string of the molecule is CCCC/C=C\CCCCCCCC(=O)OCC(CO)OC(=O)CCCCCCCCCCC/C=C\CCCCCCCC. The highest BCUT2D eigenvalue weighted by Gasteiger charge is 2.16. The Labute approximate surface area is 273 Å². The van der Waals surface area contributed by atoms with Crippen LogP contribution in [0.15, 0.2) is 24.3 Å². The van der Waals surface area contributed by atoms with E-state index >= 15 is 0 Å². The highest BCUT2D eigenvalue weighted by Crippen LogP contribution is 2.13. The lowest BCUT2D eigenvalue weighted by molar-refractivity contribution is -0.161. The first kappa shape index (κ1) is 42.4. The quantitative estimate of drug-likeness (QED) is 0.0440. The first-order valence-electron chi connectivity index (χ1n) is 18.9. The Morgan fingerprint density at radius 3 is 1.30 bits per heavy atom. The van der Waals surface area contributed by atoms with Gasteiger partial charge in [-0.05, 0) is 57.8 Å². The average Bonchev–Trinajstić information content (AvgIpc) is 3.02. The first-order chi connectivity index (χ1) is 21.6. The molecule has 0 radical (unpaired) electrons. The van der Waals surface area contributed by atoms with E-state index in [4.69, 9.17) is 9.47 Å². The van der Waals surface area contributed by atoms with Crippen LogP contribution in [0.3, 0.4) is 0 Å². The Morgan fingerprint density at radius 2 is 0.864 bits per heavy atom. The molecule has 258 valence electrons. The minimum atomic E-state index is -0.771. The second-order valence-electron chi connectivity index (χ2n) is 12.6. The summed E-state index contributed by atoms with van der Waals surface area (Å²) < 4.78 is 10.6. The lowest BCUT2D eigenvalue weighted by Crippen LogP contribution is -2.28. The van der Waals surface area contributed by atoms with Crippen molar-refractivity contribution in [2.45, 2.75) is 200 Å². The van der Waals surface area contributed by atoms with E-state index in [1.54, 1.807) is 0 Å². The van der Waals surface area contributed by atoms with Gasteiger partial charge in [0.05, 0.1) is 6.61 Å². The summed E-state index contributed by atoms with van der Waals surface area (Å²) in [7, 11) is 0. The van der Waals surface area contributed by atoms with Gasteiger partial charge in [0, 0.05) is 12.8 Å². The van der Waals surface area contributed by atoms with Crippen molar-refractivity contribution < 1.29 is 24.2 Å². The Bertz CT molecular complexity index is 671. The minimum Gasteiger partial charge on any atom is -0.462 e. The summed E-state index contributed by atoms with van der Waals surface area (Å²) >= 11 is 0. The maximum absolute atomic E-state index is 12.1. The standard InChI is InChI=1S/C39H72O5/c1-3-5-7-9-11-13-15-16-17-18-19-20-21-22-24-26-28-30-32-34-39(42)44-37(35-40)36-43-38(41)33-31-29-27-25-23-14-12-10-8-6-4-2/h10,12,16-17,37,40H,3-9,11,13-15,18-36H2,1-2H3/b12-10-,17-16-. The van der Waals surface area contributed by atoms with Crippen molar-refractivity contribution in [3.05, 3.63) is 24.3 Å². The maximum Gasteiger partial charge on any atom is 0.306 e. The van der Waals surface area contributed by atoms with Crippen molar-refractivity contribution in [1.29, 1.82) is 0 Å². The smallest absolute Gasteiger partial charge is 0.306 e. The lowest BCUT2D eigenvalue weighted by Gasteiger charge is -2.15. The van der Waals surface area contributed by atoms with Crippen LogP contribution in [-0.4, -0.2) is 36.4 Å². The van der Waals surface area contributed by atoms with E-state index < -0.39 is 6.10 Å². The van der Waals surface area contributed by atoms with E-state index in [-0.39, 0.29) is 25.2 Å². The zero-order valence-electron chi connectivity index (χ0n) is 29.2. The molecule has 0 saturated carbocycles. The van der Waals surface area contributed by atoms with Gasteiger partial charge in [0.2, 0.25) is 0 Å². The van der Waals surface area contributed by atoms with Crippen LogP contribution in [0.4, 0.5) is 0 Å². The van der Waals surface area contributed by atoms with Crippen molar-refractivity contribution in [1.82, 2.24) is 0 Å². The summed E-state index contributed by atoms with van der Waals surface area (Å²) in [6.45, 7) is 4.08. The number of carbonyl (C=O) groups is 2. The molecule has 0 aliphatic rings. The number of aliphatic hydroxyl groups excluding tert-OH is 1. The van der Waals surface area contributed by atoms with Crippen LogP contribution in [0.25, 0.3) is 0 Å².